The summed E-state index contributed by atoms with van der Waals surface area (Å²) >= 11 is 0. The second-order valence-corrected chi connectivity index (χ2v) is 4.38. The molecule has 0 amide bonds. The zero-order valence-electron chi connectivity index (χ0n) is 8.98. The summed E-state index contributed by atoms with van der Waals surface area (Å²) in [6.45, 7) is 1.23. The maximum absolute atomic E-state index is 6.18. The van der Waals surface area contributed by atoms with Crippen LogP contribution in [0.25, 0.3) is 0 Å². The highest BCUT2D eigenvalue weighted by molar-refractivity contribution is 5.02. The van der Waals surface area contributed by atoms with Gasteiger partial charge in [0, 0.05) is 11.7 Å². The summed E-state index contributed by atoms with van der Waals surface area (Å²) in [6.07, 6.45) is 6.45. The molecular formula is C12H18N2O. The Morgan fingerprint density at radius 2 is 2.13 bits per heavy atom. The first kappa shape index (κ1) is 10.6. The molecule has 0 aromatic carbocycles. The first-order valence-electron chi connectivity index (χ1n) is 5.55. The monoisotopic (exact) mass is 206 g/mol. The lowest BCUT2D eigenvalue weighted by molar-refractivity contribution is 0.0731. The minimum Gasteiger partial charge on any atom is -0.373 e. The van der Waals surface area contributed by atoms with E-state index >= 15 is 0 Å². The predicted molar refractivity (Wildman–Crippen MR) is 59.3 cm³/mol. The van der Waals surface area contributed by atoms with Gasteiger partial charge in [-0.3, -0.25) is 4.98 Å². The van der Waals surface area contributed by atoms with E-state index in [-0.39, 0.29) is 5.54 Å². The molecule has 0 bridgehead atoms. The van der Waals surface area contributed by atoms with Gasteiger partial charge in [-0.1, -0.05) is 18.9 Å². The summed E-state index contributed by atoms with van der Waals surface area (Å²) in [5.74, 6) is 0. The molecule has 1 aromatic heterocycles. The zero-order chi connectivity index (χ0) is 10.6. The average molecular weight is 206 g/mol. The normalized spacial score (nSPS) is 19.3. The molecular weight excluding hydrogens is 188 g/mol. The fourth-order valence-electron chi connectivity index (χ4n) is 2.07. The summed E-state index contributed by atoms with van der Waals surface area (Å²) in [7, 11) is 0. The van der Waals surface area contributed by atoms with Crippen molar-refractivity contribution in [1.29, 1.82) is 0 Å². The fraction of sp³-hybridized carbons (Fsp3) is 0.583. The van der Waals surface area contributed by atoms with Crippen LogP contribution in [0, 0.1) is 0 Å². The molecule has 3 heteroatoms. The topological polar surface area (TPSA) is 48.1 Å². The van der Waals surface area contributed by atoms with E-state index < -0.39 is 0 Å². The van der Waals surface area contributed by atoms with Gasteiger partial charge in [0.1, 0.15) is 0 Å². The molecule has 1 aromatic rings. The number of rotatable bonds is 4. The molecule has 0 radical (unpaired) electrons. The lowest BCUT2D eigenvalue weighted by Gasteiger charge is -2.22. The molecule has 1 aliphatic carbocycles. The van der Waals surface area contributed by atoms with Crippen LogP contribution in [0.15, 0.2) is 24.4 Å². The lowest BCUT2D eigenvalue weighted by atomic mass is 10.0. The van der Waals surface area contributed by atoms with Crippen LogP contribution in [0.2, 0.25) is 0 Å². The molecule has 0 unspecified atom stereocenters. The highest BCUT2D eigenvalue weighted by Crippen LogP contribution is 2.27. The first-order chi connectivity index (χ1) is 7.29. The van der Waals surface area contributed by atoms with Gasteiger partial charge in [-0.15, -0.1) is 0 Å². The van der Waals surface area contributed by atoms with Crippen molar-refractivity contribution in [3.8, 4) is 0 Å². The van der Waals surface area contributed by atoms with Crippen molar-refractivity contribution in [2.75, 3.05) is 6.61 Å². The number of ether oxygens (including phenoxy) is 1. The van der Waals surface area contributed by atoms with Crippen LogP contribution in [-0.4, -0.2) is 17.1 Å². The highest BCUT2D eigenvalue weighted by atomic mass is 16.5. The van der Waals surface area contributed by atoms with Gasteiger partial charge in [-0.25, -0.2) is 0 Å². The highest BCUT2D eigenvalue weighted by Gasteiger charge is 2.29. The Morgan fingerprint density at radius 1 is 1.33 bits per heavy atom. The van der Waals surface area contributed by atoms with Crippen molar-refractivity contribution in [2.24, 2.45) is 5.73 Å². The fourth-order valence-corrected chi connectivity index (χ4v) is 2.07. The summed E-state index contributed by atoms with van der Waals surface area (Å²) < 4.78 is 5.62. The molecule has 0 atom stereocenters. The number of nitrogens with two attached hydrogens (primary N) is 1. The molecule has 0 aliphatic heterocycles. The van der Waals surface area contributed by atoms with E-state index in [1.807, 2.05) is 18.2 Å². The van der Waals surface area contributed by atoms with Crippen LogP contribution in [0.5, 0.6) is 0 Å². The molecule has 1 saturated carbocycles. The Labute approximate surface area is 90.7 Å². The molecule has 1 fully saturated rings. The molecule has 0 saturated heterocycles. The number of aromatic nitrogens is 1. The summed E-state index contributed by atoms with van der Waals surface area (Å²) in [5.41, 5.74) is 7.07. The number of hydrogen-bond donors (Lipinski definition) is 1. The molecule has 1 heterocycles. The van der Waals surface area contributed by atoms with Crippen molar-refractivity contribution in [1.82, 2.24) is 4.98 Å². The SMILES string of the molecule is NC1(COCc2ccccn2)CCCC1. The van der Waals surface area contributed by atoms with E-state index in [1.165, 1.54) is 12.8 Å². The van der Waals surface area contributed by atoms with Crippen molar-refractivity contribution < 1.29 is 4.74 Å². The van der Waals surface area contributed by atoms with Crippen LogP contribution in [0.1, 0.15) is 31.4 Å². The summed E-state index contributed by atoms with van der Waals surface area (Å²) in [6, 6.07) is 5.85. The maximum Gasteiger partial charge on any atom is 0.0888 e. The number of hydrogen-bond acceptors (Lipinski definition) is 3. The molecule has 3 nitrogen and oxygen atoms in total. The van der Waals surface area contributed by atoms with Gasteiger partial charge in [0.2, 0.25) is 0 Å². The molecule has 0 spiro atoms. The van der Waals surface area contributed by atoms with E-state index in [2.05, 4.69) is 4.98 Å². The molecule has 2 N–H and O–H groups in total. The van der Waals surface area contributed by atoms with Gasteiger partial charge in [-0.05, 0) is 25.0 Å². The largest absolute Gasteiger partial charge is 0.373 e. The molecule has 15 heavy (non-hydrogen) atoms. The second kappa shape index (κ2) is 4.73. The third kappa shape index (κ3) is 3.01. The Kier molecular flexibility index (Phi) is 3.34. The van der Waals surface area contributed by atoms with E-state index in [1.54, 1.807) is 6.20 Å². The van der Waals surface area contributed by atoms with Crippen LogP contribution >= 0.6 is 0 Å². The third-order valence-corrected chi connectivity index (χ3v) is 2.96. The van der Waals surface area contributed by atoms with Crippen LogP contribution in [-0.2, 0) is 11.3 Å². The Bertz CT molecular complexity index is 294. The van der Waals surface area contributed by atoms with Gasteiger partial charge >= 0.3 is 0 Å². The van der Waals surface area contributed by atoms with Gasteiger partial charge in [-0.2, -0.15) is 0 Å². The predicted octanol–water partition coefficient (Wildman–Crippen LogP) is 1.87. The van der Waals surface area contributed by atoms with E-state index in [0.717, 1.165) is 18.5 Å². The molecule has 82 valence electrons. The number of pyridine rings is 1. The van der Waals surface area contributed by atoms with Crippen molar-refractivity contribution >= 4 is 0 Å². The summed E-state index contributed by atoms with van der Waals surface area (Å²) in [5, 5.41) is 0. The summed E-state index contributed by atoms with van der Waals surface area (Å²) in [4.78, 5) is 4.20. The van der Waals surface area contributed by atoms with Crippen molar-refractivity contribution in [3.05, 3.63) is 30.1 Å². The van der Waals surface area contributed by atoms with Crippen LogP contribution < -0.4 is 5.73 Å². The maximum atomic E-state index is 6.18. The minimum atomic E-state index is -0.0746. The van der Waals surface area contributed by atoms with Gasteiger partial charge in [0.15, 0.2) is 0 Å². The van der Waals surface area contributed by atoms with Crippen molar-refractivity contribution in [3.63, 3.8) is 0 Å². The van der Waals surface area contributed by atoms with Gasteiger partial charge in [0.25, 0.3) is 0 Å². The van der Waals surface area contributed by atoms with E-state index in [9.17, 15) is 0 Å². The standard InChI is InChI=1S/C12H18N2O/c13-12(6-2-3-7-12)10-15-9-11-5-1-4-8-14-11/h1,4-5,8H,2-3,6-7,9-10,13H2. The van der Waals surface area contributed by atoms with Crippen molar-refractivity contribution in [2.45, 2.75) is 37.8 Å². The Hall–Kier alpha value is -0.930. The number of nitrogens with zero attached hydrogens (tertiary/aromatic N) is 1. The van der Waals surface area contributed by atoms with E-state index in [0.29, 0.717) is 13.2 Å². The van der Waals surface area contributed by atoms with Gasteiger partial charge < -0.3 is 10.5 Å². The Balaban J connectivity index is 1.75. The lowest BCUT2D eigenvalue weighted by Crippen LogP contribution is -2.41. The van der Waals surface area contributed by atoms with Crippen LogP contribution in [0.3, 0.4) is 0 Å². The average Bonchev–Trinajstić information content (AvgIpc) is 2.67. The third-order valence-electron chi connectivity index (χ3n) is 2.96. The molecule has 1 aliphatic rings. The Morgan fingerprint density at radius 3 is 2.80 bits per heavy atom. The first-order valence-corrected chi connectivity index (χ1v) is 5.55. The minimum absolute atomic E-state index is 0.0746. The molecule has 2 rings (SSSR count). The second-order valence-electron chi connectivity index (χ2n) is 4.38. The smallest absolute Gasteiger partial charge is 0.0888 e. The van der Waals surface area contributed by atoms with Gasteiger partial charge in [0.05, 0.1) is 18.9 Å². The van der Waals surface area contributed by atoms with E-state index in [4.69, 9.17) is 10.5 Å². The zero-order valence-corrected chi connectivity index (χ0v) is 8.98. The van der Waals surface area contributed by atoms with Crippen LogP contribution in [0.4, 0.5) is 0 Å². The quantitative estimate of drug-likeness (QED) is 0.818.